The topological polar surface area (TPSA) is 34.2 Å². The highest BCUT2D eigenvalue weighted by Crippen LogP contribution is 2.33. The Morgan fingerprint density at radius 1 is 1.17 bits per heavy atom. The smallest absolute Gasteiger partial charge is 0.240 e. The molecule has 0 saturated heterocycles. The minimum Gasteiger partial charge on any atom is -0.437 e. The Bertz CT molecular complexity index is 561. The molecule has 0 amide bonds. The van der Waals surface area contributed by atoms with Crippen LogP contribution in [0.1, 0.15) is 0 Å². The number of hydrogen-bond acceptors (Lipinski definition) is 3. The van der Waals surface area contributed by atoms with Crippen LogP contribution in [0.25, 0.3) is 0 Å². The van der Waals surface area contributed by atoms with E-state index in [2.05, 4.69) is 10.3 Å². The molecule has 1 heterocycles. The van der Waals surface area contributed by atoms with Gasteiger partial charge in [0.15, 0.2) is 0 Å². The van der Waals surface area contributed by atoms with E-state index >= 15 is 0 Å². The zero-order chi connectivity index (χ0) is 13.1. The van der Waals surface area contributed by atoms with E-state index < -0.39 is 0 Å². The molecule has 0 aliphatic carbocycles. The molecule has 0 bridgehead atoms. The van der Waals surface area contributed by atoms with Crippen molar-refractivity contribution in [1.29, 1.82) is 0 Å². The molecule has 0 atom stereocenters. The lowest BCUT2D eigenvalue weighted by Crippen LogP contribution is -1.96. The first kappa shape index (κ1) is 12.9. The number of nitrogens with one attached hydrogen (secondary N) is 1. The molecule has 0 unspecified atom stereocenters. The number of aromatic nitrogens is 1. The average Bonchev–Trinajstić information content (AvgIpc) is 2.35. The van der Waals surface area contributed by atoms with E-state index in [1.54, 1.807) is 7.05 Å². The molecule has 2 rings (SSSR count). The number of ether oxygens (including phenoxy) is 1. The van der Waals surface area contributed by atoms with Crippen LogP contribution >= 0.6 is 23.2 Å². The third kappa shape index (κ3) is 2.83. The Morgan fingerprint density at radius 2 is 1.83 bits per heavy atom. The van der Waals surface area contributed by atoms with Gasteiger partial charge in [-0.25, -0.2) is 4.39 Å². The number of anilines is 1. The fourth-order valence-corrected chi connectivity index (χ4v) is 1.80. The molecule has 1 aromatic heterocycles. The minimum atomic E-state index is -0.339. The van der Waals surface area contributed by atoms with Gasteiger partial charge in [-0.3, -0.25) is 0 Å². The molecule has 94 valence electrons. The molecule has 3 nitrogen and oxygen atoms in total. The van der Waals surface area contributed by atoms with Crippen LogP contribution in [0, 0.1) is 5.82 Å². The maximum absolute atomic E-state index is 12.8. The van der Waals surface area contributed by atoms with Crippen LogP contribution in [-0.2, 0) is 0 Å². The van der Waals surface area contributed by atoms with E-state index in [1.807, 2.05) is 0 Å². The Hall–Kier alpha value is -1.52. The molecule has 0 aliphatic heterocycles. The molecule has 18 heavy (non-hydrogen) atoms. The van der Waals surface area contributed by atoms with Crippen molar-refractivity contribution in [3.05, 3.63) is 46.2 Å². The van der Waals surface area contributed by atoms with Gasteiger partial charge in [0.1, 0.15) is 22.4 Å². The predicted octanol–water partition coefficient (Wildman–Crippen LogP) is 4.36. The quantitative estimate of drug-likeness (QED) is 0.910. The summed E-state index contributed by atoms with van der Waals surface area (Å²) in [6.45, 7) is 0. The summed E-state index contributed by atoms with van der Waals surface area (Å²) in [5, 5.41) is 3.49. The average molecular weight is 287 g/mol. The lowest BCUT2D eigenvalue weighted by Gasteiger charge is -2.09. The molecule has 1 N–H and O–H groups in total. The first-order valence-electron chi connectivity index (χ1n) is 5.07. The largest absolute Gasteiger partial charge is 0.437 e. The lowest BCUT2D eigenvalue weighted by atomic mass is 10.3. The second-order valence-electron chi connectivity index (χ2n) is 3.41. The van der Waals surface area contributed by atoms with Crippen LogP contribution < -0.4 is 10.1 Å². The van der Waals surface area contributed by atoms with Crippen molar-refractivity contribution >= 4 is 29.0 Å². The zero-order valence-corrected chi connectivity index (χ0v) is 10.9. The molecule has 2 aromatic rings. The van der Waals surface area contributed by atoms with E-state index in [9.17, 15) is 4.39 Å². The summed E-state index contributed by atoms with van der Waals surface area (Å²) in [6.07, 6.45) is 0. The third-order valence-corrected chi connectivity index (χ3v) is 2.72. The number of hydrogen-bond donors (Lipinski definition) is 1. The van der Waals surface area contributed by atoms with Gasteiger partial charge < -0.3 is 10.1 Å². The maximum atomic E-state index is 12.8. The third-order valence-electron chi connectivity index (χ3n) is 2.16. The van der Waals surface area contributed by atoms with Gasteiger partial charge >= 0.3 is 0 Å². The van der Waals surface area contributed by atoms with E-state index in [0.717, 1.165) is 0 Å². The van der Waals surface area contributed by atoms with E-state index in [-0.39, 0.29) is 16.7 Å². The summed E-state index contributed by atoms with van der Waals surface area (Å²) < 4.78 is 18.2. The van der Waals surface area contributed by atoms with Crippen LogP contribution in [0.3, 0.4) is 0 Å². The first-order valence-corrected chi connectivity index (χ1v) is 5.83. The number of nitrogens with zero attached hydrogens (tertiary/aromatic N) is 1. The van der Waals surface area contributed by atoms with Crippen LogP contribution in [0.2, 0.25) is 10.0 Å². The summed E-state index contributed by atoms with van der Waals surface area (Å²) in [6, 6.07) is 7.08. The van der Waals surface area contributed by atoms with Crippen LogP contribution in [0.4, 0.5) is 10.2 Å². The lowest BCUT2D eigenvalue weighted by molar-refractivity contribution is 0.462. The van der Waals surface area contributed by atoms with Gasteiger partial charge in [0, 0.05) is 7.05 Å². The van der Waals surface area contributed by atoms with E-state index in [1.165, 1.54) is 30.3 Å². The van der Waals surface area contributed by atoms with Crippen LogP contribution in [-0.4, -0.2) is 12.0 Å². The van der Waals surface area contributed by atoms with Crippen LogP contribution in [0.5, 0.6) is 11.6 Å². The highest BCUT2D eigenvalue weighted by atomic mass is 35.5. The van der Waals surface area contributed by atoms with Gasteiger partial charge in [0.25, 0.3) is 0 Å². The second-order valence-corrected chi connectivity index (χ2v) is 4.23. The number of rotatable bonds is 3. The summed E-state index contributed by atoms with van der Waals surface area (Å²) in [4.78, 5) is 4.12. The van der Waals surface area contributed by atoms with E-state index in [4.69, 9.17) is 27.9 Å². The summed E-state index contributed by atoms with van der Waals surface area (Å²) in [7, 11) is 1.68. The SMILES string of the molecule is CNc1nc(Oc2ccc(F)cc2)c(Cl)cc1Cl. The number of pyridine rings is 1. The van der Waals surface area contributed by atoms with Crippen molar-refractivity contribution in [2.24, 2.45) is 0 Å². The van der Waals surface area contributed by atoms with Gasteiger partial charge in [-0.15, -0.1) is 0 Å². The Balaban J connectivity index is 2.31. The first-order chi connectivity index (χ1) is 8.60. The molecule has 0 aliphatic rings. The molecule has 0 saturated carbocycles. The van der Waals surface area contributed by atoms with Crippen molar-refractivity contribution in [3.8, 4) is 11.6 Å². The molecular formula is C12H9Cl2FN2O. The normalized spacial score (nSPS) is 10.2. The van der Waals surface area contributed by atoms with E-state index in [0.29, 0.717) is 16.6 Å². The van der Waals surface area contributed by atoms with Crippen molar-refractivity contribution in [2.45, 2.75) is 0 Å². The Morgan fingerprint density at radius 3 is 2.44 bits per heavy atom. The maximum Gasteiger partial charge on any atom is 0.240 e. The molecule has 0 radical (unpaired) electrons. The van der Waals surface area contributed by atoms with Gasteiger partial charge in [-0.05, 0) is 30.3 Å². The number of halogens is 3. The molecule has 0 spiro atoms. The highest BCUT2D eigenvalue weighted by Gasteiger charge is 2.10. The van der Waals surface area contributed by atoms with Crippen molar-refractivity contribution in [1.82, 2.24) is 4.98 Å². The van der Waals surface area contributed by atoms with Gasteiger partial charge in [0.2, 0.25) is 5.88 Å². The molecular weight excluding hydrogens is 278 g/mol. The van der Waals surface area contributed by atoms with Crippen molar-refractivity contribution < 1.29 is 9.13 Å². The van der Waals surface area contributed by atoms with Gasteiger partial charge in [0.05, 0.1) is 5.02 Å². The van der Waals surface area contributed by atoms with Gasteiger partial charge in [-0.2, -0.15) is 4.98 Å². The van der Waals surface area contributed by atoms with Crippen LogP contribution in [0.15, 0.2) is 30.3 Å². The summed E-state index contributed by atoms with van der Waals surface area (Å²) in [5.41, 5.74) is 0. The Kier molecular flexibility index (Phi) is 3.89. The highest BCUT2D eigenvalue weighted by molar-refractivity contribution is 6.36. The standard InChI is InChI=1S/C12H9Cl2FN2O/c1-16-11-9(13)6-10(14)12(17-11)18-8-4-2-7(15)3-5-8/h2-6H,1H3,(H,16,17). The predicted molar refractivity (Wildman–Crippen MR) is 70.3 cm³/mol. The monoisotopic (exact) mass is 286 g/mol. The van der Waals surface area contributed by atoms with Gasteiger partial charge in [-0.1, -0.05) is 23.2 Å². The summed E-state index contributed by atoms with van der Waals surface area (Å²) in [5.74, 6) is 0.763. The zero-order valence-electron chi connectivity index (χ0n) is 9.38. The molecule has 0 fully saturated rings. The summed E-state index contributed by atoms with van der Waals surface area (Å²) >= 11 is 11.9. The minimum absolute atomic E-state index is 0.206. The fourth-order valence-electron chi connectivity index (χ4n) is 1.31. The van der Waals surface area contributed by atoms with Crippen molar-refractivity contribution in [3.63, 3.8) is 0 Å². The number of benzene rings is 1. The second kappa shape index (κ2) is 5.42. The molecule has 6 heteroatoms. The van der Waals surface area contributed by atoms with Crippen molar-refractivity contribution in [2.75, 3.05) is 12.4 Å². The fraction of sp³-hybridized carbons (Fsp3) is 0.0833. The Labute approximate surface area is 114 Å². The molecule has 1 aromatic carbocycles.